The number of halogens is 2. The molecule has 0 fully saturated rings. The average Bonchev–Trinajstić information content (AvgIpc) is 2.71. The molecule has 0 saturated carbocycles. The smallest absolute Gasteiger partial charge is 0.263 e. The van der Waals surface area contributed by atoms with Gasteiger partial charge in [-0.15, -0.1) is 0 Å². The number of hydrogen-bond acceptors (Lipinski definition) is 4. The van der Waals surface area contributed by atoms with Gasteiger partial charge in [0.05, 0.1) is 22.3 Å². The number of hydrogen-bond donors (Lipinski definition) is 2. The third kappa shape index (κ3) is 5.24. The Balaban J connectivity index is 1.82. The summed E-state index contributed by atoms with van der Waals surface area (Å²) in [5, 5.41) is 2.92. The number of nitrogens with one attached hydrogen (secondary N) is 2. The number of carbonyl (C=O) groups excluding carboxylic acids is 1. The number of sulfonamides is 1. The van der Waals surface area contributed by atoms with Crippen molar-refractivity contribution in [3.8, 4) is 5.75 Å². The van der Waals surface area contributed by atoms with E-state index >= 15 is 0 Å². The van der Waals surface area contributed by atoms with E-state index in [1.54, 1.807) is 42.5 Å². The van der Waals surface area contributed by atoms with E-state index in [4.69, 9.17) is 27.9 Å². The van der Waals surface area contributed by atoms with E-state index in [0.717, 1.165) is 0 Å². The van der Waals surface area contributed by atoms with Gasteiger partial charge in [-0.05, 0) is 61.5 Å². The average molecular weight is 465 g/mol. The van der Waals surface area contributed by atoms with Gasteiger partial charge >= 0.3 is 0 Å². The first-order valence-electron chi connectivity index (χ1n) is 8.91. The molecule has 0 spiro atoms. The van der Waals surface area contributed by atoms with E-state index in [9.17, 15) is 13.2 Å². The summed E-state index contributed by atoms with van der Waals surface area (Å²) in [6, 6.07) is 17.2. The SMILES string of the molecule is CCOc1ccc(C(=O)Nc2ccc(Cl)c(S(=O)(=O)Nc3ccccc3Cl)c2)cc1. The molecule has 6 nitrogen and oxygen atoms in total. The first-order chi connectivity index (χ1) is 14.3. The van der Waals surface area contributed by atoms with Crippen LogP contribution in [0.15, 0.2) is 71.6 Å². The maximum atomic E-state index is 12.8. The van der Waals surface area contributed by atoms with Crippen molar-refractivity contribution < 1.29 is 17.9 Å². The molecule has 0 atom stereocenters. The Morgan fingerprint density at radius 1 is 0.967 bits per heavy atom. The Hall–Kier alpha value is -2.74. The second-order valence-corrected chi connectivity index (χ2v) is 8.61. The zero-order valence-corrected chi connectivity index (χ0v) is 18.2. The summed E-state index contributed by atoms with van der Waals surface area (Å²) in [7, 11) is -4.04. The second-order valence-electron chi connectivity index (χ2n) is 6.14. The molecule has 9 heteroatoms. The maximum absolute atomic E-state index is 12.8. The maximum Gasteiger partial charge on any atom is 0.263 e. The van der Waals surface area contributed by atoms with E-state index in [2.05, 4.69) is 10.0 Å². The van der Waals surface area contributed by atoms with Gasteiger partial charge in [0.25, 0.3) is 15.9 Å². The Labute approximate surface area is 184 Å². The summed E-state index contributed by atoms with van der Waals surface area (Å²) in [5.41, 5.74) is 0.892. The van der Waals surface area contributed by atoms with E-state index in [1.807, 2.05) is 6.92 Å². The molecule has 2 N–H and O–H groups in total. The lowest BCUT2D eigenvalue weighted by Gasteiger charge is -2.13. The summed E-state index contributed by atoms with van der Waals surface area (Å²) in [4.78, 5) is 12.3. The van der Waals surface area contributed by atoms with Crippen LogP contribution in [-0.4, -0.2) is 20.9 Å². The largest absolute Gasteiger partial charge is 0.494 e. The molecule has 3 aromatic rings. The van der Waals surface area contributed by atoms with Crippen molar-refractivity contribution in [2.45, 2.75) is 11.8 Å². The first kappa shape index (κ1) is 22.0. The monoisotopic (exact) mass is 464 g/mol. The summed E-state index contributed by atoms with van der Waals surface area (Å²) < 4.78 is 33.4. The minimum atomic E-state index is -4.04. The van der Waals surface area contributed by atoms with Crippen LogP contribution in [0, 0.1) is 0 Å². The zero-order valence-electron chi connectivity index (χ0n) is 15.9. The third-order valence-electron chi connectivity index (χ3n) is 4.02. The number of anilines is 2. The van der Waals surface area contributed by atoms with Gasteiger partial charge in [0, 0.05) is 11.3 Å². The minimum Gasteiger partial charge on any atom is -0.494 e. The summed E-state index contributed by atoms with van der Waals surface area (Å²) in [6.45, 7) is 2.39. The molecule has 3 rings (SSSR count). The molecule has 0 radical (unpaired) electrons. The number of carbonyl (C=O) groups is 1. The van der Waals surface area contributed by atoms with Crippen molar-refractivity contribution in [2.75, 3.05) is 16.6 Å². The molecule has 1 amide bonds. The quantitative estimate of drug-likeness (QED) is 0.486. The van der Waals surface area contributed by atoms with Gasteiger partial charge in [-0.1, -0.05) is 35.3 Å². The highest BCUT2D eigenvalue weighted by Crippen LogP contribution is 2.29. The molecule has 0 aliphatic heterocycles. The van der Waals surface area contributed by atoms with Crippen LogP contribution in [-0.2, 0) is 10.0 Å². The van der Waals surface area contributed by atoms with Crippen molar-refractivity contribution in [3.63, 3.8) is 0 Å². The summed E-state index contributed by atoms with van der Waals surface area (Å²) in [5.74, 6) is 0.252. The van der Waals surface area contributed by atoms with Gasteiger partial charge < -0.3 is 10.1 Å². The lowest BCUT2D eigenvalue weighted by atomic mass is 10.2. The Kier molecular flexibility index (Phi) is 6.87. The van der Waals surface area contributed by atoms with E-state index in [0.29, 0.717) is 17.9 Å². The first-order valence-corrected chi connectivity index (χ1v) is 11.1. The van der Waals surface area contributed by atoms with E-state index < -0.39 is 15.9 Å². The van der Waals surface area contributed by atoms with Crippen molar-refractivity contribution >= 4 is 50.5 Å². The Morgan fingerprint density at radius 2 is 1.67 bits per heavy atom. The molecule has 3 aromatic carbocycles. The van der Waals surface area contributed by atoms with E-state index in [-0.39, 0.29) is 26.3 Å². The predicted molar refractivity (Wildman–Crippen MR) is 119 cm³/mol. The predicted octanol–water partition coefficient (Wildman–Crippen LogP) is 5.45. The van der Waals surface area contributed by atoms with Gasteiger partial charge in [-0.3, -0.25) is 9.52 Å². The van der Waals surface area contributed by atoms with Crippen molar-refractivity contribution in [2.24, 2.45) is 0 Å². The molecule has 156 valence electrons. The van der Waals surface area contributed by atoms with Crippen LogP contribution in [0.5, 0.6) is 5.75 Å². The molecule has 0 bridgehead atoms. The zero-order chi connectivity index (χ0) is 21.7. The van der Waals surface area contributed by atoms with Crippen molar-refractivity contribution in [1.29, 1.82) is 0 Å². The normalized spacial score (nSPS) is 11.0. The van der Waals surface area contributed by atoms with Crippen LogP contribution < -0.4 is 14.8 Å². The molecule has 0 unspecified atom stereocenters. The number of para-hydroxylation sites is 1. The minimum absolute atomic E-state index is 0.00798. The third-order valence-corrected chi connectivity index (χ3v) is 6.20. The summed E-state index contributed by atoms with van der Waals surface area (Å²) in [6.07, 6.45) is 0. The Morgan fingerprint density at radius 3 is 2.33 bits per heavy atom. The van der Waals surface area contributed by atoms with Crippen LogP contribution in [0.3, 0.4) is 0 Å². The second kappa shape index (κ2) is 9.38. The van der Waals surface area contributed by atoms with Crippen LogP contribution in [0.1, 0.15) is 17.3 Å². The Bertz CT molecular complexity index is 1170. The van der Waals surface area contributed by atoms with Gasteiger partial charge in [-0.25, -0.2) is 8.42 Å². The number of rotatable bonds is 7. The topological polar surface area (TPSA) is 84.5 Å². The van der Waals surface area contributed by atoms with Crippen molar-refractivity contribution in [1.82, 2.24) is 0 Å². The van der Waals surface area contributed by atoms with Gasteiger partial charge in [0.2, 0.25) is 0 Å². The molecule has 0 aliphatic rings. The van der Waals surface area contributed by atoms with Crippen LogP contribution in [0.25, 0.3) is 0 Å². The fraction of sp³-hybridized carbons (Fsp3) is 0.0952. The van der Waals surface area contributed by atoms with Crippen LogP contribution >= 0.6 is 23.2 Å². The molecule has 30 heavy (non-hydrogen) atoms. The van der Waals surface area contributed by atoms with Crippen LogP contribution in [0.2, 0.25) is 10.0 Å². The lowest BCUT2D eigenvalue weighted by molar-refractivity contribution is 0.102. The van der Waals surface area contributed by atoms with Crippen molar-refractivity contribution in [3.05, 3.63) is 82.3 Å². The van der Waals surface area contributed by atoms with Crippen LogP contribution in [0.4, 0.5) is 11.4 Å². The fourth-order valence-corrected chi connectivity index (χ4v) is 4.45. The number of ether oxygens (including phenoxy) is 1. The highest BCUT2D eigenvalue weighted by atomic mass is 35.5. The molecule has 0 aliphatic carbocycles. The molecule has 0 heterocycles. The molecule has 0 saturated heterocycles. The van der Waals surface area contributed by atoms with Gasteiger partial charge in [0.1, 0.15) is 10.6 Å². The van der Waals surface area contributed by atoms with Gasteiger partial charge in [0.15, 0.2) is 0 Å². The fourth-order valence-electron chi connectivity index (χ4n) is 2.60. The van der Waals surface area contributed by atoms with E-state index in [1.165, 1.54) is 24.3 Å². The van der Waals surface area contributed by atoms with Gasteiger partial charge in [-0.2, -0.15) is 0 Å². The molecule has 0 aromatic heterocycles. The lowest BCUT2D eigenvalue weighted by Crippen LogP contribution is -2.16. The molecular weight excluding hydrogens is 447 g/mol. The molecular formula is C21H18Cl2N2O4S. The highest BCUT2D eigenvalue weighted by Gasteiger charge is 2.20. The summed E-state index contributed by atoms with van der Waals surface area (Å²) >= 11 is 12.1. The number of amides is 1. The standard InChI is InChI=1S/C21H18Cl2N2O4S/c1-2-29-16-10-7-14(8-11-16)21(26)24-15-9-12-18(23)20(13-15)30(27,28)25-19-6-4-3-5-17(19)22/h3-13,25H,2H2,1H3,(H,24,26). The number of benzene rings is 3. The highest BCUT2D eigenvalue weighted by molar-refractivity contribution is 7.92.